The van der Waals surface area contributed by atoms with Crippen molar-refractivity contribution in [3.05, 3.63) is 35.9 Å². The molecule has 5 heteroatoms. The maximum atomic E-state index is 14.1. The third-order valence-corrected chi connectivity index (χ3v) is 3.95. The van der Waals surface area contributed by atoms with Crippen LogP contribution in [0.3, 0.4) is 0 Å². The van der Waals surface area contributed by atoms with Crippen LogP contribution in [0.4, 0.5) is 10.1 Å². The van der Waals surface area contributed by atoms with E-state index in [0.717, 1.165) is 38.5 Å². The van der Waals surface area contributed by atoms with E-state index >= 15 is 0 Å². The Morgan fingerprint density at radius 1 is 1.27 bits per heavy atom. The van der Waals surface area contributed by atoms with E-state index in [9.17, 15) is 9.18 Å². The molecule has 0 atom stereocenters. The molecule has 0 aromatic heterocycles. The van der Waals surface area contributed by atoms with E-state index in [1.165, 1.54) is 6.07 Å². The Kier molecular flexibility index (Phi) is 4.61. The van der Waals surface area contributed by atoms with E-state index in [4.69, 9.17) is 9.47 Å². The summed E-state index contributed by atoms with van der Waals surface area (Å²) in [6, 6.07) is 4.50. The average Bonchev–Trinajstić information content (AvgIpc) is 3.04. The predicted octanol–water partition coefficient (Wildman–Crippen LogP) is 3.78. The summed E-state index contributed by atoms with van der Waals surface area (Å²) in [6.45, 7) is 0.543. The lowest BCUT2D eigenvalue weighted by Crippen LogP contribution is -2.19. The molecule has 1 aliphatic carbocycles. The monoisotopic (exact) mass is 305 g/mol. The lowest BCUT2D eigenvalue weighted by molar-refractivity contribution is -0.116. The fourth-order valence-corrected chi connectivity index (χ4v) is 2.77. The molecule has 0 unspecified atom stereocenters. The fraction of sp³-hybridized carbons (Fsp3) is 0.471. The van der Waals surface area contributed by atoms with Crippen LogP contribution in [0.2, 0.25) is 0 Å². The highest BCUT2D eigenvalue weighted by atomic mass is 19.1. The highest BCUT2D eigenvalue weighted by molar-refractivity contribution is 6.02. The third-order valence-electron chi connectivity index (χ3n) is 3.95. The van der Waals surface area contributed by atoms with E-state index in [1.54, 1.807) is 18.2 Å². The lowest BCUT2D eigenvalue weighted by Gasteiger charge is -2.16. The number of ether oxygens (including phenoxy) is 2. The summed E-state index contributed by atoms with van der Waals surface area (Å²) in [4.78, 5) is 12.0. The van der Waals surface area contributed by atoms with Gasteiger partial charge in [-0.1, -0.05) is 0 Å². The zero-order valence-electron chi connectivity index (χ0n) is 12.4. The molecule has 4 nitrogen and oxygen atoms in total. The van der Waals surface area contributed by atoms with Crippen molar-refractivity contribution in [2.24, 2.45) is 0 Å². The minimum atomic E-state index is -0.455. The Balaban J connectivity index is 1.63. The van der Waals surface area contributed by atoms with Gasteiger partial charge >= 0.3 is 0 Å². The summed E-state index contributed by atoms with van der Waals surface area (Å²) in [7, 11) is 0. The number of allylic oxidation sites excluding steroid dienone is 1. The van der Waals surface area contributed by atoms with Gasteiger partial charge in [0.25, 0.3) is 5.91 Å². The van der Waals surface area contributed by atoms with Gasteiger partial charge in [0.1, 0.15) is 0 Å². The van der Waals surface area contributed by atoms with Crippen molar-refractivity contribution in [1.29, 1.82) is 0 Å². The largest absolute Gasteiger partial charge is 0.488 e. The molecule has 1 aromatic carbocycles. The molecule has 0 saturated heterocycles. The molecule has 118 valence electrons. The molecule has 3 rings (SSSR count). The Morgan fingerprint density at radius 3 is 2.77 bits per heavy atom. The zero-order chi connectivity index (χ0) is 15.4. The van der Waals surface area contributed by atoms with Gasteiger partial charge in [-0.3, -0.25) is 4.79 Å². The summed E-state index contributed by atoms with van der Waals surface area (Å²) in [5.74, 6) is -0.247. The Bertz CT molecular complexity index is 579. The molecule has 1 heterocycles. The van der Waals surface area contributed by atoms with Gasteiger partial charge in [-0.15, -0.1) is 0 Å². The van der Waals surface area contributed by atoms with Gasteiger partial charge < -0.3 is 14.8 Å². The van der Waals surface area contributed by atoms with E-state index < -0.39 is 5.82 Å². The van der Waals surface area contributed by atoms with Gasteiger partial charge in [-0.2, -0.15) is 0 Å². The molecule has 1 saturated carbocycles. The van der Waals surface area contributed by atoms with Crippen molar-refractivity contribution in [3.63, 3.8) is 0 Å². The van der Waals surface area contributed by atoms with E-state index in [1.807, 2.05) is 0 Å². The molecule has 1 aromatic rings. The van der Waals surface area contributed by atoms with Gasteiger partial charge in [0, 0.05) is 11.8 Å². The van der Waals surface area contributed by atoms with Gasteiger partial charge in [0.05, 0.1) is 12.7 Å². The van der Waals surface area contributed by atoms with E-state index in [2.05, 4.69) is 5.32 Å². The third kappa shape index (κ3) is 3.59. The molecular formula is C17H20FNO3. The van der Waals surface area contributed by atoms with Gasteiger partial charge in [0.2, 0.25) is 0 Å². The second-order valence-corrected chi connectivity index (χ2v) is 5.68. The first-order valence-electron chi connectivity index (χ1n) is 7.83. The van der Waals surface area contributed by atoms with Gasteiger partial charge in [-0.05, 0) is 56.7 Å². The van der Waals surface area contributed by atoms with Crippen LogP contribution in [0.5, 0.6) is 5.75 Å². The molecule has 1 fully saturated rings. The van der Waals surface area contributed by atoms with E-state index in [0.29, 0.717) is 18.1 Å². The van der Waals surface area contributed by atoms with Gasteiger partial charge in [-0.25, -0.2) is 4.39 Å². The van der Waals surface area contributed by atoms with Crippen LogP contribution in [0.25, 0.3) is 0 Å². The number of halogens is 1. The summed E-state index contributed by atoms with van der Waals surface area (Å²) < 4.78 is 25.0. The summed E-state index contributed by atoms with van der Waals surface area (Å²) in [5.41, 5.74) is 0.399. The molecule has 0 bridgehead atoms. The van der Waals surface area contributed by atoms with Crippen molar-refractivity contribution in [3.8, 4) is 5.75 Å². The van der Waals surface area contributed by atoms with Crippen LogP contribution < -0.4 is 10.1 Å². The van der Waals surface area contributed by atoms with Crippen molar-refractivity contribution in [2.45, 2.75) is 44.6 Å². The Hall–Kier alpha value is -2.04. The standard InChI is InChI=1S/C17H20FNO3/c18-14-11-12(19-17(20)16-7-3-4-10-21-16)8-9-15(14)22-13-5-1-2-6-13/h7-9,11,13H,1-6,10H2,(H,19,20). The maximum Gasteiger partial charge on any atom is 0.290 e. The van der Waals surface area contributed by atoms with Crippen LogP contribution in [-0.4, -0.2) is 18.6 Å². The number of hydrogen-bond donors (Lipinski definition) is 1. The summed E-state index contributed by atoms with van der Waals surface area (Å²) >= 11 is 0. The molecule has 1 amide bonds. The molecule has 22 heavy (non-hydrogen) atoms. The minimum Gasteiger partial charge on any atom is -0.488 e. The predicted molar refractivity (Wildman–Crippen MR) is 81.2 cm³/mol. The topological polar surface area (TPSA) is 47.6 Å². The first kappa shape index (κ1) is 14.9. The Labute approximate surface area is 129 Å². The number of amides is 1. The first-order chi connectivity index (χ1) is 10.7. The molecule has 0 radical (unpaired) electrons. The summed E-state index contributed by atoms with van der Waals surface area (Å²) in [5, 5.41) is 2.65. The number of carbonyl (C=O) groups is 1. The number of benzene rings is 1. The van der Waals surface area contributed by atoms with Crippen LogP contribution in [-0.2, 0) is 9.53 Å². The SMILES string of the molecule is O=C(Nc1ccc(OC2CCCC2)c(F)c1)C1=CCCCO1. The van der Waals surface area contributed by atoms with Crippen molar-refractivity contribution >= 4 is 11.6 Å². The molecule has 2 aliphatic rings. The maximum absolute atomic E-state index is 14.1. The number of anilines is 1. The highest BCUT2D eigenvalue weighted by Crippen LogP contribution is 2.27. The second-order valence-electron chi connectivity index (χ2n) is 5.68. The summed E-state index contributed by atoms with van der Waals surface area (Å²) in [6.07, 6.45) is 7.82. The first-order valence-corrected chi connectivity index (χ1v) is 7.83. The van der Waals surface area contributed by atoms with Crippen molar-refractivity contribution in [1.82, 2.24) is 0 Å². The van der Waals surface area contributed by atoms with Crippen LogP contribution in [0.1, 0.15) is 38.5 Å². The van der Waals surface area contributed by atoms with Crippen molar-refractivity contribution < 1.29 is 18.7 Å². The minimum absolute atomic E-state index is 0.107. The van der Waals surface area contributed by atoms with Crippen LogP contribution >= 0.6 is 0 Å². The smallest absolute Gasteiger partial charge is 0.290 e. The highest BCUT2D eigenvalue weighted by Gasteiger charge is 2.19. The van der Waals surface area contributed by atoms with Crippen LogP contribution in [0.15, 0.2) is 30.0 Å². The molecular weight excluding hydrogens is 285 g/mol. The lowest BCUT2D eigenvalue weighted by atomic mass is 10.2. The van der Waals surface area contributed by atoms with E-state index in [-0.39, 0.29) is 17.8 Å². The fourth-order valence-electron chi connectivity index (χ4n) is 2.77. The molecule has 1 N–H and O–H groups in total. The van der Waals surface area contributed by atoms with Gasteiger partial charge in [0.15, 0.2) is 17.3 Å². The second kappa shape index (κ2) is 6.81. The quantitative estimate of drug-likeness (QED) is 0.921. The number of nitrogens with one attached hydrogen (secondary N) is 1. The van der Waals surface area contributed by atoms with Crippen LogP contribution in [0, 0.1) is 5.82 Å². The van der Waals surface area contributed by atoms with Crippen molar-refractivity contribution in [2.75, 3.05) is 11.9 Å². The number of rotatable bonds is 4. The average molecular weight is 305 g/mol. The molecule has 0 spiro atoms. The number of hydrogen-bond acceptors (Lipinski definition) is 3. The zero-order valence-corrected chi connectivity index (χ0v) is 12.4. The Morgan fingerprint density at radius 2 is 2.09 bits per heavy atom. The normalized spacial score (nSPS) is 18.5. The number of carbonyl (C=O) groups excluding carboxylic acids is 1. The molecule has 1 aliphatic heterocycles.